The van der Waals surface area contributed by atoms with E-state index in [1.165, 1.54) is 6.92 Å². The lowest BCUT2D eigenvalue weighted by atomic mass is 9.50. The van der Waals surface area contributed by atoms with Gasteiger partial charge in [-0.2, -0.15) is 22.0 Å². The fraction of sp³-hybridized carbons (Fsp3) is 0.588. The van der Waals surface area contributed by atoms with Crippen molar-refractivity contribution in [3.8, 4) is 11.8 Å². The van der Waals surface area contributed by atoms with Gasteiger partial charge in [0, 0.05) is 28.9 Å². The summed E-state index contributed by atoms with van der Waals surface area (Å²) in [6.45, 7) is 7.11. The molecule has 3 N–H and O–H groups in total. The van der Waals surface area contributed by atoms with Crippen LogP contribution in [0.3, 0.4) is 0 Å². The maximum atomic E-state index is 15.2. The van der Waals surface area contributed by atoms with Gasteiger partial charge in [0.15, 0.2) is 5.78 Å². The molecular weight excluding hydrogens is 579 g/mol. The van der Waals surface area contributed by atoms with E-state index < -0.39 is 46.9 Å². The standard InChI is InChI=1S/C34H39F5N2O3/c1-30(2,3)41-29(43)40-17-5-6-20-7-9-21(10-8-20)26-19-31(4)27(15-16-32(31,44)33(35,36)34(37,38)39)25-13-11-22-18-23(42)12-14-24(22)28(25)26/h7-10,18,25-27,44H,11-17,19H2,1-4H3,(H2,40,41,43)/t25-,26+,27-,31-,32-/m0/s1. The van der Waals surface area contributed by atoms with Gasteiger partial charge in [-0.1, -0.05) is 36.5 Å². The van der Waals surface area contributed by atoms with Crippen LogP contribution in [0, 0.1) is 29.1 Å². The van der Waals surface area contributed by atoms with Gasteiger partial charge in [0.25, 0.3) is 0 Å². The van der Waals surface area contributed by atoms with E-state index in [-0.39, 0.29) is 37.1 Å². The third-order valence-corrected chi connectivity index (χ3v) is 10.1. The van der Waals surface area contributed by atoms with E-state index >= 15 is 8.78 Å². The topological polar surface area (TPSA) is 78.4 Å². The molecule has 5 rings (SSSR count). The summed E-state index contributed by atoms with van der Waals surface area (Å²) in [4.78, 5) is 24.2. The van der Waals surface area contributed by atoms with Crippen molar-refractivity contribution in [1.82, 2.24) is 10.6 Å². The summed E-state index contributed by atoms with van der Waals surface area (Å²) < 4.78 is 71.6. The molecule has 44 heavy (non-hydrogen) atoms. The second kappa shape index (κ2) is 11.0. The highest BCUT2D eigenvalue weighted by molar-refractivity contribution is 5.93. The number of hydrogen-bond donors (Lipinski definition) is 3. The second-order valence-corrected chi connectivity index (χ2v) is 13.9. The fourth-order valence-electron chi connectivity index (χ4n) is 8.17. The van der Waals surface area contributed by atoms with Crippen LogP contribution in [-0.4, -0.2) is 46.7 Å². The van der Waals surface area contributed by atoms with Gasteiger partial charge in [0.2, 0.25) is 0 Å². The van der Waals surface area contributed by atoms with Gasteiger partial charge in [-0.15, -0.1) is 0 Å². The average Bonchev–Trinajstić information content (AvgIpc) is 3.20. The molecule has 0 bridgehead atoms. The maximum Gasteiger partial charge on any atom is 0.456 e. The van der Waals surface area contributed by atoms with Crippen molar-refractivity contribution in [1.29, 1.82) is 0 Å². The van der Waals surface area contributed by atoms with Gasteiger partial charge < -0.3 is 15.7 Å². The normalized spacial score (nSPS) is 30.4. The first-order chi connectivity index (χ1) is 20.4. The number of halogens is 5. The van der Waals surface area contributed by atoms with Gasteiger partial charge in [-0.25, -0.2) is 4.79 Å². The first-order valence-corrected chi connectivity index (χ1v) is 15.2. The molecule has 238 valence electrons. The van der Waals surface area contributed by atoms with Crippen molar-refractivity contribution in [3.63, 3.8) is 0 Å². The highest BCUT2D eigenvalue weighted by Gasteiger charge is 2.79. The van der Waals surface area contributed by atoms with Crippen LogP contribution in [0.4, 0.5) is 26.7 Å². The lowest BCUT2D eigenvalue weighted by molar-refractivity contribution is -0.362. The lowest BCUT2D eigenvalue weighted by Gasteiger charge is -2.56. The SMILES string of the molecule is CC(C)(C)NC(=O)NCC#Cc1ccc([C@H]2C[C@@]3(C)[C@@H](CC[C@@]3(O)C(F)(F)C(F)(F)F)[C@@H]3CCC4=CC(=O)CCC4=C32)cc1. The summed E-state index contributed by atoms with van der Waals surface area (Å²) >= 11 is 0. The Hall–Kier alpha value is -3.19. The third-order valence-electron chi connectivity index (χ3n) is 10.1. The van der Waals surface area contributed by atoms with Crippen molar-refractivity contribution in [2.24, 2.45) is 17.3 Å². The molecular formula is C34H39F5N2O3. The number of carbonyl (C=O) groups is 2. The Morgan fingerprint density at radius 1 is 1.05 bits per heavy atom. The Morgan fingerprint density at radius 3 is 2.36 bits per heavy atom. The summed E-state index contributed by atoms with van der Waals surface area (Å²) in [5, 5.41) is 16.8. The molecule has 2 saturated carbocycles. The Morgan fingerprint density at radius 2 is 1.73 bits per heavy atom. The van der Waals surface area contributed by atoms with Crippen LogP contribution in [0.5, 0.6) is 0 Å². The summed E-state index contributed by atoms with van der Waals surface area (Å²) in [7, 11) is 0. The molecule has 10 heteroatoms. The number of alkyl halides is 5. The minimum Gasteiger partial charge on any atom is -0.383 e. The molecule has 0 unspecified atom stereocenters. The maximum absolute atomic E-state index is 15.2. The van der Waals surface area contributed by atoms with E-state index in [9.17, 15) is 27.9 Å². The van der Waals surface area contributed by atoms with Gasteiger partial charge in [-0.05, 0) is 106 Å². The van der Waals surface area contributed by atoms with Crippen molar-refractivity contribution in [3.05, 3.63) is 58.2 Å². The minimum atomic E-state index is -5.89. The summed E-state index contributed by atoms with van der Waals surface area (Å²) in [6.07, 6.45) is -2.94. The molecule has 4 aliphatic carbocycles. The first kappa shape index (κ1) is 32.2. The van der Waals surface area contributed by atoms with Gasteiger partial charge >= 0.3 is 18.1 Å². The number of fused-ring (bicyclic) bond motifs is 4. The molecule has 1 aromatic carbocycles. The number of urea groups is 1. The van der Waals surface area contributed by atoms with Crippen LogP contribution in [0.1, 0.15) is 89.7 Å². The van der Waals surface area contributed by atoms with Crippen molar-refractivity contribution in [2.75, 3.05) is 6.54 Å². The van der Waals surface area contributed by atoms with E-state index in [1.807, 2.05) is 32.9 Å². The zero-order valence-corrected chi connectivity index (χ0v) is 25.4. The number of amides is 2. The van der Waals surface area contributed by atoms with E-state index in [4.69, 9.17) is 0 Å². The molecule has 0 heterocycles. The second-order valence-electron chi connectivity index (χ2n) is 13.9. The predicted molar refractivity (Wildman–Crippen MR) is 156 cm³/mol. The largest absolute Gasteiger partial charge is 0.456 e. The van der Waals surface area contributed by atoms with Crippen molar-refractivity contribution in [2.45, 2.75) is 102 Å². The molecule has 0 saturated heterocycles. The monoisotopic (exact) mass is 618 g/mol. The smallest absolute Gasteiger partial charge is 0.383 e. The number of benzene rings is 1. The highest BCUT2D eigenvalue weighted by Crippen LogP contribution is 2.70. The number of hydrogen-bond acceptors (Lipinski definition) is 3. The van der Waals surface area contributed by atoms with Gasteiger partial charge in [0.05, 0.1) is 6.54 Å². The molecule has 5 nitrogen and oxygen atoms in total. The van der Waals surface area contributed by atoms with Crippen LogP contribution in [-0.2, 0) is 4.79 Å². The molecule has 0 radical (unpaired) electrons. The van der Waals surface area contributed by atoms with Crippen LogP contribution in [0.25, 0.3) is 0 Å². The Bertz CT molecular complexity index is 1460. The fourth-order valence-corrected chi connectivity index (χ4v) is 8.17. The Kier molecular flexibility index (Phi) is 8.06. The van der Waals surface area contributed by atoms with Crippen molar-refractivity contribution >= 4 is 11.8 Å². The Balaban J connectivity index is 1.49. The summed E-state index contributed by atoms with van der Waals surface area (Å²) in [6, 6.07) is 6.81. The summed E-state index contributed by atoms with van der Waals surface area (Å²) in [5.41, 5.74) is -0.970. The highest BCUT2D eigenvalue weighted by atomic mass is 19.4. The van der Waals surface area contributed by atoms with Crippen LogP contribution < -0.4 is 10.6 Å². The van der Waals surface area contributed by atoms with E-state index in [0.29, 0.717) is 31.2 Å². The number of allylic oxidation sites excluding steroid dienone is 4. The lowest BCUT2D eigenvalue weighted by Crippen LogP contribution is -2.65. The first-order valence-electron chi connectivity index (χ1n) is 15.2. The summed E-state index contributed by atoms with van der Waals surface area (Å²) in [5.74, 6) is -0.702. The number of nitrogens with one attached hydrogen (secondary N) is 2. The third kappa shape index (κ3) is 5.46. The van der Waals surface area contributed by atoms with E-state index in [2.05, 4.69) is 22.5 Å². The zero-order valence-electron chi connectivity index (χ0n) is 25.4. The molecule has 0 spiro atoms. The van der Waals surface area contributed by atoms with Gasteiger partial charge in [-0.3, -0.25) is 4.79 Å². The molecule has 2 amide bonds. The van der Waals surface area contributed by atoms with Crippen LogP contribution in [0.15, 0.2) is 47.1 Å². The van der Waals surface area contributed by atoms with Crippen molar-refractivity contribution < 1.29 is 36.6 Å². The van der Waals surface area contributed by atoms with E-state index in [0.717, 1.165) is 22.3 Å². The minimum absolute atomic E-state index is 0.0355. The quantitative estimate of drug-likeness (QED) is 0.253. The number of aliphatic hydroxyl groups is 1. The zero-order chi connectivity index (χ0) is 32.3. The Labute approximate surface area is 254 Å². The molecule has 0 aliphatic heterocycles. The number of rotatable bonds is 3. The van der Waals surface area contributed by atoms with Gasteiger partial charge in [0.1, 0.15) is 5.60 Å². The number of ketones is 1. The molecule has 0 aromatic heterocycles. The van der Waals surface area contributed by atoms with Crippen LogP contribution >= 0.6 is 0 Å². The van der Waals surface area contributed by atoms with E-state index in [1.54, 1.807) is 18.2 Å². The molecule has 1 aromatic rings. The molecule has 2 fully saturated rings. The van der Waals surface area contributed by atoms with Crippen LogP contribution in [0.2, 0.25) is 0 Å². The number of carbonyl (C=O) groups excluding carboxylic acids is 2. The molecule has 5 atom stereocenters. The average molecular weight is 619 g/mol. The molecule has 4 aliphatic rings. The predicted octanol–water partition coefficient (Wildman–Crippen LogP) is 6.96.